The van der Waals surface area contributed by atoms with Crippen molar-refractivity contribution in [2.75, 3.05) is 13.1 Å². The minimum atomic E-state index is -0.0772. The molecule has 0 aliphatic carbocycles. The highest BCUT2D eigenvalue weighted by molar-refractivity contribution is 5.97. The number of aromatic nitrogens is 3. The first-order valence-electron chi connectivity index (χ1n) is 9.63. The molecule has 0 spiro atoms. The molecule has 1 saturated heterocycles. The van der Waals surface area contributed by atoms with Crippen molar-refractivity contribution in [2.45, 2.75) is 5.92 Å². The molecule has 1 aliphatic rings. The Labute approximate surface area is 172 Å². The maximum absolute atomic E-state index is 13.0. The van der Waals surface area contributed by atoms with Crippen molar-refractivity contribution < 1.29 is 14.1 Å². The molecule has 0 atom stereocenters. The smallest absolute Gasteiger partial charge is 0.257 e. The van der Waals surface area contributed by atoms with Crippen LogP contribution in [0.15, 0.2) is 83.6 Å². The highest BCUT2D eigenvalue weighted by atomic mass is 16.5. The van der Waals surface area contributed by atoms with Crippen LogP contribution in [0.25, 0.3) is 11.4 Å². The molecule has 0 radical (unpaired) electrons. The lowest BCUT2D eigenvalue weighted by Gasteiger charge is -2.37. The first-order valence-corrected chi connectivity index (χ1v) is 9.63. The van der Waals surface area contributed by atoms with Crippen LogP contribution in [0, 0.1) is 0 Å². The van der Waals surface area contributed by atoms with Crippen LogP contribution in [0.1, 0.15) is 22.2 Å². The van der Waals surface area contributed by atoms with E-state index in [4.69, 9.17) is 9.26 Å². The number of benzene rings is 2. The minimum Gasteiger partial charge on any atom is -0.457 e. The number of carbonyl (C=O) groups excluding carboxylic acids is 1. The van der Waals surface area contributed by atoms with Gasteiger partial charge in [0.05, 0.1) is 11.5 Å². The predicted octanol–water partition coefficient (Wildman–Crippen LogP) is 4.16. The summed E-state index contributed by atoms with van der Waals surface area (Å²) in [5.74, 6) is 2.24. The average molecular weight is 398 g/mol. The Hall–Kier alpha value is -4.00. The van der Waals surface area contributed by atoms with Gasteiger partial charge in [0.2, 0.25) is 11.7 Å². The van der Waals surface area contributed by atoms with Gasteiger partial charge in [-0.2, -0.15) is 4.98 Å². The second kappa shape index (κ2) is 7.79. The standard InChI is InChI=1S/C23H18N4O3/c28-23(19-8-4-5-9-20(19)29-18-6-2-1-3-7-18)27-14-17(15-27)22-25-21(26-30-22)16-10-12-24-13-11-16/h1-13,17H,14-15H2. The summed E-state index contributed by atoms with van der Waals surface area (Å²) < 4.78 is 11.3. The fourth-order valence-corrected chi connectivity index (χ4v) is 3.34. The Balaban J connectivity index is 1.27. The zero-order valence-electron chi connectivity index (χ0n) is 16.0. The molecular weight excluding hydrogens is 380 g/mol. The number of para-hydroxylation sites is 2. The van der Waals surface area contributed by atoms with Crippen LogP contribution in [0.5, 0.6) is 11.5 Å². The van der Waals surface area contributed by atoms with E-state index < -0.39 is 0 Å². The summed E-state index contributed by atoms with van der Waals surface area (Å²) in [7, 11) is 0. The van der Waals surface area contributed by atoms with Crippen molar-refractivity contribution in [1.29, 1.82) is 0 Å². The molecule has 7 nitrogen and oxygen atoms in total. The molecule has 2 aromatic heterocycles. The second-order valence-electron chi connectivity index (χ2n) is 7.01. The lowest BCUT2D eigenvalue weighted by molar-refractivity contribution is 0.0566. The van der Waals surface area contributed by atoms with E-state index in [1.165, 1.54) is 0 Å². The Bertz CT molecular complexity index is 1160. The molecule has 30 heavy (non-hydrogen) atoms. The summed E-state index contributed by atoms with van der Waals surface area (Å²) in [6.45, 7) is 1.05. The molecule has 1 aliphatic heterocycles. The van der Waals surface area contributed by atoms with Gasteiger partial charge in [-0.15, -0.1) is 0 Å². The van der Waals surface area contributed by atoms with E-state index >= 15 is 0 Å². The molecule has 4 aromatic rings. The van der Waals surface area contributed by atoms with Gasteiger partial charge in [-0.05, 0) is 36.4 Å². The number of hydrogen-bond donors (Lipinski definition) is 0. The van der Waals surface area contributed by atoms with Crippen molar-refractivity contribution in [2.24, 2.45) is 0 Å². The summed E-state index contributed by atoms with van der Waals surface area (Å²) in [5, 5.41) is 4.04. The summed E-state index contributed by atoms with van der Waals surface area (Å²) in [6.07, 6.45) is 3.37. The van der Waals surface area contributed by atoms with Crippen LogP contribution in [0.4, 0.5) is 0 Å². The summed E-state index contributed by atoms with van der Waals surface area (Å²) in [6, 6.07) is 20.3. The van der Waals surface area contributed by atoms with Gasteiger partial charge in [0.25, 0.3) is 5.91 Å². The van der Waals surface area contributed by atoms with E-state index in [2.05, 4.69) is 15.1 Å². The molecular formula is C23H18N4O3. The van der Waals surface area contributed by atoms with Crippen molar-refractivity contribution in [3.63, 3.8) is 0 Å². The Morgan fingerprint density at radius 3 is 2.50 bits per heavy atom. The van der Waals surface area contributed by atoms with Gasteiger partial charge in [-0.3, -0.25) is 9.78 Å². The van der Waals surface area contributed by atoms with Crippen molar-refractivity contribution in [3.8, 4) is 22.9 Å². The van der Waals surface area contributed by atoms with Gasteiger partial charge in [0, 0.05) is 31.0 Å². The normalized spacial score (nSPS) is 13.7. The molecule has 1 fully saturated rings. The van der Waals surface area contributed by atoms with Crippen LogP contribution < -0.4 is 4.74 Å². The molecule has 1 amide bonds. The van der Waals surface area contributed by atoms with Crippen LogP contribution >= 0.6 is 0 Å². The van der Waals surface area contributed by atoms with E-state index in [0.29, 0.717) is 41.9 Å². The number of amides is 1. The van der Waals surface area contributed by atoms with E-state index in [9.17, 15) is 4.79 Å². The first kappa shape index (κ1) is 18.1. The van der Waals surface area contributed by atoms with E-state index in [1.54, 1.807) is 29.4 Å². The molecule has 2 aromatic carbocycles. The monoisotopic (exact) mass is 398 g/mol. The summed E-state index contributed by atoms with van der Waals surface area (Å²) >= 11 is 0. The SMILES string of the molecule is O=C(c1ccccc1Oc1ccccc1)N1CC(c2nc(-c3ccncc3)no2)C1. The maximum atomic E-state index is 13.0. The highest BCUT2D eigenvalue weighted by Gasteiger charge is 2.37. The maximum Gasteiger partial charge on any atom is 0.257 e. The van der Waals surface area contributed by atoms with Gasteiger partial charge < -0.3 is 14.2 Å². The van der Waals surface area contributed by atoms with Crippen molar-refractivity contribution >= 4 is 5.91 Å². The van der Waals surface area contributed by atoms with Crippen LogP contribution in [-0.2, 0) is 0 Å². The average Bonchev–Trinajstić information content (AvgIpc) is 3.24. The van der Waals surface area contributed by atoms with Crippen molar-refractivity contribution in [1.82, 2.24) is 20.0 Å². The van der Waals surface area contributed by atoms with Gasteiger partial charge in [0.1, 0.15) is 11.5 Å². The zero-order valence-corrected chi connectivity index (χ0v) is 16.0. The highest BCUT2D eigenvalue weighted by Crippen LogP contribution is 2.32. The summed E-state index contributed by atoms with van der Waals surface area (Å²) in [5.41, 5.74) is 1.38. The third-order valence-corrected chi connectivity index (χ3v) is 4.99. The van der Waals surface area contributed by atoms with E-state index in [-0.39, 0.29) is 11.8 Å². The largest absolute Gasteiger partial charge is 0.457 e. The van der Waals surface area contributed by atoms with Gasteiger partial charge in [-0.25, -0.2) is 0 Å². The number of likely N-dealkylation sites (tertiary alicyclic amines) is 1. The van der Waals surface area contributed by atoms with Crippen molar-refractivity contribution in [3.05, 3.63) is 90.6 Å². The predicted molar refractivity (Wildman–Crippen MR) is 109 cm³/mol. The fraction of sp³-hybridized carbons (Fsp3) is 0.130. The van der Waals surface area contributed by atoms with Crippen LogP contribution in [-0.4, -0.2) is 39.0 Å². The van der Waals surface area contributed by atoms with Gasteiger partial charge >= 0.3 is 0 Å². The number of carbonyl (C=O) groups is 1. The number of ether oxygens (including phenoxy) is 1. The molecule has 0 unspecified atom stereocenters. The quantitative estimate of drug-likeness (QED) is 0.502. The third-order valence-electron chi connectivity index (χ3n) is 4.99. The number of hydrogen-bond acceptors (Lipinski definition) is 6. The number of nitrogens with zero attached hydrogens (tertiary/aromatic N) is 4. The van der Waals surface area contributed by atoms with E-state index in [0.717, 1.165) is 5.56 Å². The molecule has 5 rings (SSSR count). The Kier molecular flexibility index (Phi) is 4.69. The topological polar surface area (TPSA) is 81.4 Å². The molecule has 0 saturated carbocycles. The van der Waals surface area contributed by atoms with Gasteiger partial charge in [0.15, 0.2) is 0 Å². The molecule has 0 bridgehead atoms. The number of rotatable bonds is 5. The lowest BCUT2D eigenvalue weighted by Crippen LogP contribution is -2.48. The molecule has 148 valence electrons. The summed E-state index contributed by atoms with van der Waals surface area (Å²) in [4.78, 5) is 23.2. The minimum absolute atomic E-state index is 0.0271. The lowest BCUT2D eigenvalue weighted by atomic mass is 9.98. The second-order valence-corrected chi connectivity index (χ2v) is 7.01. The third kappa shape index (κ3) is 3.53. The first-order chi connectivity index (χ1) is 14.8. The fourth-order valence-electron chi connectivity index (χ4n) is 3.34. The van der Waals surface area contributed by atoms with E-state index in [1.807, 2.05) is 54.6 Å². The molecule has 7 heteroatoms. The van der Waals surface area contributed by atoms with Crippen LogP contribution in [0.3, 0.4) is 0 Å². The van der Waals surface area contributed by atoms with Gasteiger partial charge in [-0.1, -0.05) is 35.5 Å². The molecule has 0 N–H and O–H groups in total. The zero-order chi connectivity index (χ0) is 20.3. The Morgan fingerprint density at radius 2 is 1.70 bits per heavy atom. The van der Waals surface area contributed by atoms with Crippen LogP contribution in [0.2, 0.25) is 0 Å². The Morgan fingerprint density at radius 1 is 0.967 bits per heavy atom. The molecule has 3 heterocycles. The number of pyridine rings is 1.